The molecule has 0 amide bonds. The summed E-state index contributed by atoms with van der Waals surface area (Å²) in [7, 11) is -3.12. The third kappa shape index (κ3) is 3.55. The minimum absolute atomic E-state index is 0.203. The highest BCUT2D eigenvalue weighted by Crippen LogP contribution is 2.24. The lowest BCUT2D eigenvalue weighted by Crippen LogP contribution is -2.45. The van der Waals surface area contributed by atoms with Crippen LogP contribution >= 0.6 is 15.9 Å². The fourth-order valence-electron chi connectivity index (χ4n) is 2.53. The molecule has 2 unspecified atom stereocenters. The van der Waals surface area contributed by atoms with Crippen molar-refractivity contribution < 1.29 is 12.8 Å². The topological polar surface area (TPSA) is 60.2 Å². The second-order valence-corrected chi connectivity index (χ2v) is 8.26. The predicted octanol–water partition coefficient (Wildman–Crippen LogP) is 2.43. The fourth-order valence-corrected chi connectivity index (χ4v) is 4.93. The van der Waals surface area contributed by atoms with Gasteiger partial charge in [-0.15, -0.1) is 0 Å². The van der Waals surface area contributed by atoms with Gasteiger partial charge in [0.05, 0.1) is 11.0 Å². The van der Waals surface area contributed by atoms with Crippen molar-refractivity contribution in [2.75, 3.05) is 5.75 Å². The van der Waals surface area contributed by atoms with Crippen LogP contribution in [0.2, 0.25) is 0 Å². The number of hydrogen-bond donors (Lipinski definition) is 1. The van der Waals surface area contributed by atoms with E-state index in [9.17, 15) is 12.8 Å². The molecule has 106 valence electrons. The van der Waals surface area contributed by atoms with Crippen LogP contribution in [-0.2, 0) is 16.3 Å². The third-order valence-electron chi connectivity index (χ3n) is 3.58. The molecule has 19 heavy (non-hydrogen) atoms. The van der Waals surface area contributed by atoms with Crippen molar-refractivity contribution in [2.24, 2.45) is 5.73 Å². The van der Waals surface area contributed by atoms with Crippen LogP contribution in [0.4, 0.5) is 4.39 Å². The molecule has 0 aliphatic carbocycles. The molecular formula is C13H17BrFNO2S. The van der Waals surface area contributed by atoms with E-state index < -0.39 is 21.1 Å². The first kappa shape index (κ1) is 14.9. The molecule has 0 radical (unpaired) electrons. The number of benzene rings is 1. The molecule has 1 saturated heterocycles. The Hall–Kier alpha value is -0.460. The summed E-state index contributed by atoms with van der Waals surface area (Å²) >= 11 is 3.19. The molecule has 2 atom stereocenters. The van der Waals surface area contributed by atoms with Gasteiger partial charge in [0.1, 0.15) is 5.82 Å². The summed E-state index contributed by atoms with van der Waals surface area (Å²) in [4.78, 5) is 0. The summed E-state index contributed by atoms with van der Waals surface area (Å²) in [5, 5.41) is -0.538. The summed E-state index contributed by atoms with van der Waals surface area (Å²) in [5.41, 5.74) is 6.47. The Kier molecular flexibility index (Phi) is 4.63. The van der Waals surface area contributed by atoms with Crippen LogP contribution in [0, 0.1) is 5.82 Å². The first-order chi connectivity index (χ1) is 8.90. The van der Waals surface area contributed by atoms with Gasteiger partial charge in [-0.2, -0.15) is 0 Å². The van der Waals surface area contributed by atoms with E-state index >= 15 is 0 Å². The van der Waals surface area contributed by atoms with Gasteiger partial charge in [-0.3, -0.25) is 0 Å². The van der Waals surface area contributed by atoms with Gasteiger partial charge < -0.3 is 5.73 Å². The molecule has 6 heteroatoms. The van der Waals surface area contributed by atoms with E-state index in [-0.39, 0.29) is 18.0 Å². The third-order valence-corrected chi connectivity index (χ3v) is 6.44. The molecule has 0 aromatic heterocycles. The molecule has 1 fully saturated rings. The Balaban J connectivity index is 2.14. The van der Waals surface area contributed by atoms with E-state index in [1.807, 2.05) is 0 Å². The van der Waals surface area contributed by atoms with Crippen LogP contribution in [0.5, 0.6) is 0 Å². The lowest BCUT2D eigenvalue weighted by atomic mass is 10.00. The maximum absolute atomic E-state index is 13.7. The second-order valence-electron chi connectivity index (χ2n) is 5.00. The van der Waals surface area contributed by atoms with Crippen LogP contribution in [-0.4, -0.2) is 25.5 Å². The lowest BCUT2D eigenvalue weighted by molar-refractivity contribution is 0.489. The van der Waals surface area contributed by atoms with Crippen molar-refractivity contribution in [3.63, 3.8) is 0 Å². The van der Waals surface area contributed by atoms with E-state index in [1.54, 1.807) is 12.1 Å². The van der Waals surface area contributed by atoms with Gasteiger partial charge in [0.25, 0.3) is 0 Å². The Morgan fingerprint density at radius 2 is 2.16 bits per heavy atom. The number of nitrogens with two attached hydrogens (primary N) is 1. The van der Waals surface area contributed by atoms with E-state index in [2.05, 4.69) is 15.9 Å². The van der Waals surface area contributed by atoms with E-state index in [0.29, 0.717) is 22.9 Å². The minimum Gasteiger partial charge on any atom is -0.326 e. The largest absolute Gasteiger partial charge is 0.326 e. The standard InChI is InChI=1S/C13H17BrFNO2S/c14-10-5-4-9(11(15)8-10)7-12(16)13-3-1-2-6-19(13,17)18/h4-5,8,12-13H,1-3,6-7,16H2. The second kappa shape index (κ2) is 5.89. The van der Waals surface area contributed by atoms with Gasteiger partial charge in [0, 0.05) is 10.5 Å². The average Bonchev–Trinajstić information content (AvgIpc) is 2.32. The summed E-state index contributed by atoms with van der Waals surface area (Å²) < 4.78 is 38.3. The Morgan fingerprint density at radius 3 is 2.79 bits per heavy atom. The summed E-state index contributed by atoms with van der Waals surface area (Å²) in [5.74, 6) is -0.146. The summed E-state index contributed by atoms with van der Waals surface area (Å²) in [6.45, 7) is 0. The molecule has 3 nitrogen and oxygen atoms in total. The Morgan fingerprint density at radius 1 is 1.42 bits per heavy atom. The number of hydrogen-bond acceptors (Lipinski definition) is 3. The van der Waals surface area contributed by atoms with Gasteiger partial charge in [-0.1, -0.05) is 28.4 Å². The molecule has 0 bridgehead atoms. The van der Waals surface area contributed by atoms with Gasteiger partial charge in [-0.25, -0.2) is 12.8 Å². The number of rotatable bonds is 3. The number of sulfone groups is 1. The lowest BCUT2D eigenvalue weighted by Gasteiger charge is -2.27. The monoisotopic (exact) mass is 349 g/mol. The zero-order chi connectivity index (χ0) is 14.0. The van der Waals surface area contributed by atoms with Crippen LogP contribution in [0.25, 0.3) is 0 Å². The summed E-state index contributed by atoms with van der Waals surface area (Å²) in [6.07, 6.45) is 2.42. The van der Waals surface area contributed by atoms with Crippen molar-refractivity contribution in [1.29, 1.82) is 0 Å². The molecule has 0 spiro atoms. The van der Waals surface area contributed by atoms with Gasteiger partial charge >= 0.3 is 0 Å². The Bertz CT molecular complexity index is 562. The smallest absolute Gasteiger partial charge is 0.154 e. The van der Waals surface area contributed by atoms with Crippen LogP contribution in [0.1, 0.15) is 24.8 Å². The van der Waals surface area contributed by atoms with Crippen molar-refractivity contribution in [3.8, 4) is 0 Å². The Labute approximate surface area is 121 Å². The van der Waals surface area contributed by atoms with E-state index in [1.165, 1.54) is 6.07 Å². The van der Waals surface area contributed by atoms with Crippen LogP contribution in [0.3, 0.4) is 0 Å². The highest BCUT2D eigenvalue weighted by atomic mass is 79.9. The molecule has 2 rings (SSSR count). The van der Waals surface area contributed by atoms with Crippen molar-refractivity contribution >= 4 is 25.8 Å². The van der Waals surface area contributed by atoms with Crippen molar-refractivity contribution in [2.45, 2.75) is 37.0 Å². The average molecular weight is 350 g/mol. The highest BCUT2D eigenvalue weighted by Gasteiger charge is 2.33. The van der Waals surface area contributed by atoms with Gasteiger partial charge in [0.2, 0.25) is 0 Å². The first-order valence-corrected chi connectivity index (χ1v) is 8.82. The minimum atomic E-state index is -3.12. The van der Waals surface area contributed by atoms with Gasteiger partial charge in [-0.05, 0) is 37.0 Å². The van der Waals surface area contributed by atoms with E-state index in [0.717, 1.165) is 6.42 Å². The van der Waals surface area contributed by atoms with Crippen LogP contribution < -0.4 is 5.73 Å². The number of halogens is 2. The fraction of sp³-hybridized carbons (Fsp3) is 0.538. The maximum atomic E-state index is 13.7. The highest BCUT2D eigenvalue weighted by molar-refractivity contribution is 9.10. The van der Waals surface area contributed by atoms with Crippen molar-refractivity contribution in [1.82, 2.24) is 0 Å². The van der Waals surface area contributed by atoms with Crippen LogP contribution in [0.15, 0.2) is 22.7 Å². The SMILES string of the molecule is NC(Cc1ccc(Br)cc1F)C1CCCCS1(=O)=O. The molecule has 1 aliphatic heterocycles. The molecule has 1 aromatic carbocycles. The molecule has 1 aliphatic rings. The van der Waals surface area contributed by atoms with Crippen molar-refractivity contribution in [3.05, 3.63) is 34.1 Å². The van der Waals surface area contributed by atoms with Gasteiger partial charge in [0.15, 0.2) is 9.84 Å². The molecule has 1 aromatic rings. The zero-order valence-electron chi connectivity index (χ0n) is 10.5. The predicted molar refractivity (Wildman–Crippen MR) is 77.2 cm³/mol. The zero-order valence-corrected chi connectivity index (χ0v) is 12.9. The molecule has 0 saturated carbocycles. The molecule has 1 heterocycles. The molecular weight excluding hydrogens is 333 g/mol. The molecule has 2 N–H and O–H groups in total. The first-order valence-electron chi connectivity index (χ1n) is 6.31. The van der Waals surface area contributed by atoms with E-state index in [4.69, 9.17) is 5.73 Å². The summed E-state index contributed by atoms with van der Waals surface area (Å²) in [6, 6.07) is 4.22. The normalized spacial score (nSPS) is 24.1. The quantitative estimate of drug-likeness (QED) is 0.911. The maximum Gasteiger partial charge on any atom is 0.154 e.